The molecule has 0 unspecified atom stereocenters. The highest BCUT2D eigenvalue weighted by Crippen LogP contribution is 2.11. The van der Waals surface area contributed by atoms with E-state index in [9.17, 15) is 4.79 Å². The third-order valence-corrected chi connectivity index (χ3v) is 2.83. The Morgan fingerprint density at radius 3 is 2.00 bits per heavy atom. The number of ketones is 1. The molecule has 0 spiro atoms. The van der Waals surface area contributed by atoms with Crippen LogP contribution in [0.2, 0.25) is 0 Å². The monoisotopic (exact) mass is 260 g/mol. The van der Waals surface area contributed by atoms with E-state index in [1.165, 1.54) is 16.7 Å². The third kappa shape index (κ3) is 12.9. The van der Waals surface area contributed by atoms with Gasteiger partial charge in [0, 0.05) is 0 Å². The lowest BCUT2D eigenvalue weighted by Crippen LogP contribution is -1.81. The Balaban J connectivity index is 3.99. The first-order valence-corrected chi connectivity index (χ1v) is 7.05. The van der Waals surface area contributed by atoms with Crippen molar-refractivity contribution >= 4 is 5.78 Å². The molecule has 0 amide bonds. The maximum absolute atomic E-state index is 10.7. The van der Waals surface area contributed by atoms with E-state index >= 15 is 0 Å². The quantitative estimate of drug-likeness (QED) is 0.317. The van der Waals surface area contributed by atoms with Crippen molar-refractivity contribution < 1.29 is 4.79 Å². The Morgan fingerprint density at radius 1 is 0.842 bits per heavy atom. The minimum absolute atomic E-state index is 0.0964. The summed E-state index contributed by atoms with van der Waals surface area (Å²) in [6.07, 6.45) is 14.5. The molecule has 0 aromatic rings. The van der Waals surface area contributed by atoms with E-state index < -0.39 is 0 Å². The molecule has 0 N–H and O–H groups in total. The van der Waals surface area contributed by atoms with E-state index in [0.717, 1.165) is 25.7 Å². The van der Waals surface area contributed by atoms with Crippen molar-refractivity contribution in [3.8, 4) is 0 Å². The van der Waals surface area contributed by atoms with Crippen molar-refractivity contribution in [2.45, 2.75) is 60.3 Å². The van der Waals surface area contributed by atoms with Gasteiger partial charge in [0.1, 0.15) is 0 Å². The molecule has 0 bridgehead atoms. The molecule has 0 aliphatic rings. The van der Waals surface area contributed by atoms with Gasteiger partial charge in [-0.15, -0.1) is 0 Å². The van der Waals surface area contributed by atoms with Crippen LogP contribution in [0.5, 0.6) is 0 Å². The first kappa shape index (κ1) is 17.6. The van der Waals surface area contributed by atoms with E-state index in [4.69, 9.17) is 0 Å². The summed E-state index contributed by atoms with van der Waals surface area (Å²) in [5.41, 5.74) is 4.17. The van der Waals surface area contributed by atoms with Gasteiger partial charge in [-0.05, 0) is 66.4 Å². The molecule has 0 saturated carbocycles. The highest BCUT2D eigenvalue weighted by atomic mass is 16.1. The van der Waals surface area contributed by atoms with Crippen molar-refractivity contribution in [3.05, 3.63) is 47.1 Å². The van der Waals surface area contributed by atoms with Gasteiger partial charge in [0.2, 0.25) is 0 Å². The summed E-state index contributed by atoms with van der Waals surface area (Å²) in [5.74, 6) is 0.0964. The second-order valence-corrected chi connectivity index (χ2v) is 5.39. The summed E-state index contributed by atoms with van der Waals surface area (Å²) < 4.78 is 0. The smallest absolute Gasteiger partial charge is 0.152 e. The second kappa shape index (κ2) is 10.5. The minimum Gasteiger partial charge on any atom is -0.295 e. The van der Waals surface area contributed by atoms with Crippen molar-refractivity contribution in [1.29, 1.82) is 0 Å². The number of rotatable bonds is 8. The van der Waals surface area contributed by atoms with Crippen LogP contribution in [0.25, 0.3) is 0 Å². The van der Waals surface area contributed by atoms with Crippen molar-refractivity contribution in [2.24, 2.45) is 0 Å². The SMILES string of the molecule is CC(=O)/C=C/C=C(\C)CC/C=C(\C)CCC=C(C)C. The highest BCUT2D eigenvalue weighted by molar-refractivity contribution is 5.87. The standard InChI is InChI=1S/C18H28O/c1-15(2)9-6-10-16(3)11-7-12-17(4)13-8-14-18(5)19/h8-9,11,13-14H,6-7,10,12H2,1-5H3/b14-8+,16-11+,17-13+. The third-order valence-electron chi connectivity index (χ3n) is 2.83. The molecular formula is C18H28O. The van der Waals surface area contributed by atoms with Crippen LogP contribution in [-0.2, 0) is 4.79 Å². The summed E-state index contributed by atoms with van der Waals surface area (Å²) in [7, 11) is 0. The molecule has 0 saturated heterocycles. The van der Waals surface area contributed by atoms with Crippen molar-refractivity contribution in [3.63, 3.8) is 0 Å². The normalized spacial score (nSPS) is 12.9. The summed E-state index contributed by atoms with van der Waals surface area (Å²) in [6, 6.07) is 0. The van der Waals surface area contributed by atoms with Crippen LogP contribution in [0.4, 0.5) is 0 Å². The molecule has 0 aliphatic heterocycles. The number of hydrogen-bond donors (Lipinski definition) is 0. The first-order valence-electron chi connectivity index (χ1n) is 7.05. The van der Waals surface area contributed by atoms with Gasteiger partial charge in [0.15, 0.2) is 5.78 Å². The van der Waals surface area contributed by atoms with Gasteiger partial charge >= 0.3 is 0 Å². The zero-order valence-corrected chi connectivity index (χ0v) is 13.1. The Hall–Kier alpha value is -1.37. The molecule has 0 aromatic carbocycles. The van der Waals surface area contributed by atoms with Gasteiger partial charge in [-0.1, -0.05) is 41.0 Å². The number of allylic oxidation sites excluding steroid dienone is 8. The van der Waals surface area contributed by atoms with Gasteiger partial charge in [-0.2, -0.15) is 0 Å². The summed E-state index contributed by atoms with van der Waals surface area (Å²) in [4.78, 5) is 10.7. The van der Waals surface area contributed by atoms with E-state index in [2.05, 4.69) is 39.8 Å². The molecule has 0 aliphatic carbocycles. The maximum Gasteiger partial charge on any atom is 0.152 e. The van der Waals surface area contributed by atoms with Crippen LogP contribution in [0.1, 0.15) is 60.3 Å². The lowest BCUT2D eigenvalue weighted by Gasteiger charge is -2.00. The molecule has 1 nitrogen and oxygen atoms in total. The lowest BCUT2D eigenvalue weighted by atomic mass is 10.1. The zero-order chi connectivity index (χ0) is 14.7. The average molecular weight is 260 g/mol. The molecule has 106 valence electrons. The molecule has 0 rings (SSSR count). The molecule has 0 heterocycles. The topological polar surface area (TPSA) is 17.1 Å². The predicted octanol–water partition coefficient (Wildman–Crippen LogP) is 5.55. The molecule has 19 heavy (non-hydrogen) atoms. The largest absolute Gasteiger partial charge is 0.295 e. The molecular weight excluding hydrogens is 232 g/mol. The van der Waals surface area contributed by atoms with Gasteiger partial charge in [-0.25, -0.2) is 0 Å². The Morgan fingerprint density at radius 2 is 1.42 bits per heavy atom. The molecule has 1 heteroatoms. The molecule has 0 aromatic heterocycles. The Kier molecular flexibility index (Phi) is 9.78. The maximum atomic E-state index is 10.7. The Bertz CT molecular complexity index is 388. The zero-order valence-electron chi connectivity index (χ0n) is 13.1. The van der Waals surface area contributed by atoms with Crippen LogP contribution in [0.3, 0.4) is 0 Å². The number of carbonyl (C=O) groups excluding carboxylic acids is 1. The van der Waals surface area contributed by atoms with E-state index in [1.807, 2.05) is 12.2 Å². The number of hydrogen-bond acceptors (Lipinski definition) is 1. The summed E-state index contributed by atoms with van der Waals surface area (Å²) >= 11 is 0. The van der Waals surface area contributed by atoms with E-state index in [-0.39, 0.29) is 5.78 Å². The highest BCUT2D eigenvalue weighted by Gasteiger charge is 1.91. The summed E-state index contributed by atoms with van der Waals surface area (Å²) in [5, 5.41) is 0. The lowest BCUT2D eigenvalue weighted by molar-refractivity contribution is -0.112. The first-order chi connectivity index (χ1) is 8.91. The Labute approximate surface area is 118 Å². The second-order valence-electron chi connectivity index (χ2n) is 5.39. The van der Waals surface area contributed by atoms with Crippen LogP contribution in [0, 0.1) is 0 Å². The van der Waals surface area contributed by atoms with Crippen LogP contribution >= 0.6 is 0 Å². The average Bonchev–Trinajstić information content (AvgIpc) is 2.27. The predicted molar refractivity (Wildman–Crippen MR) is 85.2 cm³/mol. The minimum atomic E-state index is 0.0964. The fourth-order valence-corrected chi connectivity index (χ4v) is 1.67. The van der Waals surface area contributed by atoms with E-state index in [1.54, 1.807) is 13.0 Å². The molecule has 0 atom stereocenters. The van der Waals surface area contributed by atoms with Gasteiger partial charge in [0.25, 0.3) is 0 Å². The fraction of sp³-hybridized carbons (Fsp3) is 0.500. The van der Waals surface area contributed by atoms with Crippen molar-refractivity contribution in [1.82, 2.24) is 0 Å². The summed E-state index contributed by atoms with van der Waals surface area (Å²) in [6.45, 7) is 10.2. The van der Waals surface area contributed by atoms with Gasteiger partial charge in [0.05, 0.1) is 0 Å². The van der Waals surface area contributed by atoms with Crippen LogP contribution in [-0.4, -0.2) is 5.78 Å². The van der Waals surface area contributed by atoms with Crippen LogP contribution in [0.15, 0.2) is 47.1 Å². The molecule has 0 fully saturated rings. The fourth-order valence-electron chi connectivity index (χ4n) is 1.67. The van der Waals surface area contributed by atoms with Gasteiger partial charge in [-0.3, -0.25) is 4.79 Å². The van der Waals surface area contributed by atoms with E-state index in [0.29, 0.717) is 0 Å². The molecule has 0 radical (unpaired) electrons. The van der Waals surface area contributed by atoms with Crippen molar-refractivity contribution in [2.75, 3.05) is 0 Å². The number of carbonyl (C=O) groups is 1. The van der Waals surface area contributed by atoms with Crippen LogP contribution < -0.4 is 0 Å². The van der Waals surface area contributed by atoms with Gasteiger partial charge < -0.3 is 0 Å².